The highest BCUT2D eigenvalue weighted by Gasteiger charge is 2.27. The summed E-state index contributed by atoms with van der Waals surface area (Å²) in [5, 5.41) is 3.11. The maximum absolute atomic E-state index is 12.8. The molecule has 1 amide bonds. The summed E-state index contributed by atoms with van der Waals surface area (Å²) in [6, 6.07) is 15.4. The summed E-state index contributed by atoms with van der Waals surface area (Å²) in [6.45, 7) is 0. The molecule has 1 aromatic heterocycles. The molecule has 28 heavy (non-hydrogen) atoms. The van der Waals surface area contributed by atoms with Crippen LogP contribution in [0.5, 0.6) is 0 Å². The van der Waals surface area contributed by atoms with Gasteiger partial charge >= 0.3 is 0 Å². The molecule has 6 nitrogen and oxygen atoms in total. The predicted molar refractivity (Wildman–Crippen MR) is 109 cm³/mol. The molecule has 3 aromatic rings. The maximum Gasteiger partial charge on any atom is 0.221 e. The number of hydrogen-bond donors (Lipinski definition) is 2. The fraction of sp³-hybridized carbons (Fsp3) is 0.333. The Hall–Kier alpha value is -2.67. The molecule has 7 heteroatoms. The third-order valence-corrected chi connectivity index (χ3v) is 7.14. The predicted octanol–water partition coefficient (Wildman–Crippen LogP) is 2.98. The molecule has 2 aromatic carbocycles. The summed E-state index contributed by atoms with van der Waals surface area (Å²) in [7, 11) is -3.02. The maximum atomic E-state index is 12.8. The van der Waals surface area contributed by atoms with Gasteiger partial charge in [0.15, 0.2) is 9.84 Å². The summed E-state index contributed by atoms with van der Waals surface area (Å²) in [5.41, 5.74) is 3.71. The van der Waals surface area contributed by atoms with E-state index in [2.05, 4.69) is 15.3 Å². The molecule has 0 bridgehead atoms. The average molecular weight is 398 g/mol. The number of carbonyl (C=O) groups is 1. The van der Waals surface area contributed by atoms with Gasteiger partial charge in [0.1, 0.15) is 0 Å². The first-order valence-electron chi connectivity index (χ1n) is 9.48. The minimum atomic E-state index is -3.02. The Morgan fingerprint density at radius 3 is 2.79 bits per heavy atom. The fourth-order valence-electron chi connectivity index (χ4n) is 3.90. The number of imidazole rings is 1. The van der Waals surface area contributed by atoms with E-state index in [0.717, 1.165) is 28.6 Å². The Bertz CT molecular complexity index is 1080. The molecule has 0 aliphatic carbocycles. The molecular formula is C21H23N3O3S. The molecule has 2 unspecified atom stereocenters. The molecule has 0 saturated carbocycles. The van der Waals surface area contributed by atoms with Crippen LogP contribution in [0.25, 0.3) is 11.0 Å². The van der Waals surface area contributed by atoms with Crippen molar-refractivity contribution in [1.82, 2.24) is 15.3 Å². The van der Waals surface area contributed by atoms with Gasteiger partial charge in [-0.2, -0.15) is 0 Å². The van der Waals surface area contributed by atoms with E-state index >= 15 is 0 Å². The second kappa shape index (κ2) is 7.75. The van der Waals surface area contributed by atoms with E-state index in [4.69, 9.17) is 0 Å². The van der Waals surface area contributed by atoms with E-state index in [9.17, 15) is 13.2 Å². The first-order chi connectivity index (χ1) is 13.5. The number of aromatic amines is 1. The lowest BCUT2D eigenvalue weighted by atomic mass is 9.96. The number of amides is 1. The van der Waals surface area contributed by atoms with E-state index in [1.54, 1.807) is 6.33 Å². The lowest BCUT2D eigenvalue weighted by Gasteiger charge is -2.24. The zero-order chi connectivity index (χ0) is 19.6. The largest absolute Gasteiger partial charge is 0.345 e. The molecule has 1 fully saturated rings. The van der Waals surface area contributed by atoms with Crippen molar-refractivity contribution in [3.63, 3.8) is 0 Å². The van der Waals surface area contributed by atoms with Crippen molar-refractivity contribution in [1.29, 1.82) is 0 Å². The average Bonchev–Trinajstić information content (AvgIpc) is 3.14. The zero-order valence-corrected chi connectivity index (χ0v) is 16.3. The van der Waals surface area contributed by atoms with E-state index in [1.165, 1.54) is 0 Å². The number of sulfone groups is 1. The molecule has 1 aliphatic heterocycles. The molecule has 1 saturated heterocycles. The van der Waals surface area contributed by atoms with E-state index in [-0.39, 0.29) is 35.8 Å². The highest BCUT2D eigenvalue weighted by molar-refractivity contribution is 7.91. The number of carbonyl (C=O) groups excluding carboxylic acids is 1. The Labute approximate surface area is 164 Å². The van der Waals surface area contributed by atoms with Gasteiger partial charge in [-0.25, -0.2) is 13.4 Å². The lowest BCUT2D eigenvalue weighted by molar-refractivity contribution is -0.122. The van der Waals surface area contributed by atoms with Gasteiger partial charge in [-0.15, -0.1) is 0 Å². The molecule has 2 heterocycles. The Morgan fingerprint density at radius 1 is 1.18 bits per heavy atom. The van der Waals surface area contributed by atoms with Crippen LogP contribution in [0.3, 0.4) is 0 Å². The smallest absolute Gasteiger partial charge is 0.221 e. The number of hydrogen-bond acceptors (Lipinski definition) is 4. The first kappa shape index (κ1) is 18.7. The molecule has 1 aliphatic rings. The minimum absolute atomic E-state index is 0.106. The van der Waals surface area contributed by atoms with Gasteiger partial charge in [0, 0.05) is 6.42 Å². The van der Waals surface area contributed by atoms with Gasteiger partial charge in [0.25, 0.3) is 0 Å². The standard InChI is InChI=1S/C21H23N3O3S/c25-20(11-15-5-4-10-28(26,27)13-15)24-21(16-6-2-1-3-7-16)17-8-9-18-19(12-17)23-14-22-18/h1-3,6-9,12,14-15,21H,4-5,10-11,13H2,(H,22,23)(H,24,25). The lowest BCUT2D eigenvalue weighted by Crippen LogP contribution is -2.34. The van der Waals surface area contributed by atoms with Crippen LogP contribution < -0.4 is 5.32 Å². The van der Waals surface area contributed by atoms with Crippen LogP contribution in [0.2, 0.25) is 0 Å². The molecule has 4 rings (SSSR count). The van der Waals surface area contributed by atoms with E-state index < -0.39 is 9.84 Å². The Balaban J connectivity index is 1.56. The SMILES string of the molecule is O=C(CC1CCCS(=O)(=O)C1)NC(c1ccccc1)c1ccc2nc[nH]c2c1. The minimum Gasteiger partial charge on any atom is -0.345 e. The number of nitrogens with one attached hydrogen (secondary N) is 2. The van der Waals surface area contributed by atoms with Gasteiger partial charge in [-0.3, -0.25) is 4.79 Å². The van der Waals surface area contributed by atoms with Crippen LogP contribution in [0, 0.1) is 5.92 Å². The van der Waals surface area contributed by atoms with Crippen LogP contribution in [0.15, 0.2) is 54.9 Å². The van der Waals surface area contributed by atoms with Crippen molar-refractivity contribution in [2.24, 2.45) is 5.92 Å². The molecule has 146 valence electrons. The normalized spacial score (nSPS) is 19.9. The summed E-state index contributed by atoms with van der Waals surface area (Å²) >= 11 is 0. The van der Waals surface area contributed by atoms with Crippen molar-refractivity contribution < 1.29 is 13.2 Å². The van der Waals surface area contributed by atoms with E-state index in [0.29, 0.717) is 6.42 Å². The van der Waals surface area contributed by atoms with Crippen LogP contribution in [0.4, 0.5) is 0 Å². The third-order valence-electron chi connectivity index (χ3n) is 5.25. The van der Waals surface area contributed by atoms with Gasteiger partial charge in [0.2, 0.25) is 5.91 Å². The summed E-state index contributed by atoms with van der Waals surface area (Å²) in [6.07, 6.45) is 3.30. The van der Waals surface area contributed by atoms with Crippen LogP contribution in [-0.2, 0) is 14.6 Å². The van der Waals surface area contributed by atoms with Crippen LogP contribution in [-0.4, -0.2) is 35.8 Å². The third kappa shape index (κ3) is 4.25. The van der Waals surface area contributed by atoms with Gasteiger partial charge in [-0.05, 0) is 42.0 Å². The van der Waals surface area contributed by atoms with Crippen molar-refractivity contribution in [2.75, 3.05) is 11.5 Å². The van der Waals surface area contributed by atoms with Crippen molar-refractivity contribution in [3.05, 3.63) is 66.0 Å². The van der Waals surface area contributed by atoms with Gasteiger partial charge in [-0.1, -0.05) is 36.4 Å². The Kier molecular flexibility index (Phi) is 5.17. The number of aromatic nitrogens is 2. The molecule has 2 atom stereocenters. The number of benzene rings is 2. The highest BCUT2D eigenvalue weighted by Crippen LogP contribution is 2.26. The van der Waals surface area contributed by atoms with E-state index in [1.807, 2.05) is 48.5 Å². The number of H-pyrrole nitrogens is 1. The molecular weight excluding hydrogens is 374 g/mol. The molecule has 2 N–H and O–H groups in total. The first-order valence-corrected chi connectivity index (χ1v) is 11.3. The monoisotopic (exact) mass is 397 g/mol. The molecule has 0 radical (unpaired) electrons. The summed E-state index contributed by atoms with van der Waals surface area (Å²) in [5.74, 6) is 0.115. The second-order valence-corrected chi connectivity index (χ2v) is 9.65. The summed E-state index contributed by atoms with van der Waals surface area (Å²) < 4.78 is 23.7. The fourth-order valence-corrected chi connectivity index (χ4v) is 5.67. The number of fused-ring (bicyclic) bond motifs is 1. The highest BCUT2D eigenvalue weighted by atomic mass is 32.2. The Morgan fingerprint density at radius 2 is 2.00 bits per heavy atom. The number of nitrogens with zero attached hydrogens (tertiary/aromatic N) is 1. The van der Waals surface area contributed by atoms with Crippen LogP contribution >= 0.6 is 0 Å². The molecule has 0 spiro atoms. The zero-order valence-electron chi connectivity index (χ0n) is 15.5. The van der Waals surface area contributed by atoms with Crippen molar-refractivity contribution in [3.8, 4) is 0 Å². The van der Waals surface area contributed by atoms with Crippen molar-refractivity contribution in [2.45, 2.75) is 25.3 Å². The number of rotatable bonds is 5. The quantitative estimate of drug-likeness (QED) is 0.692. The van der Waals surface area contributed by atoms with Crippen LogP contribution in [0.1, 0.15) is 36.4 Å². The second-order valence-electron chi connectivity index (χ2n) is 7.42. The van der Waals surface area contributed by atoms with Gasteiger partial charge < -0.3 is 10.3 Å². The van der Waals surface area contributed by atoms with Gasteiger partial charge in [0.05, 0.1) is 34.9 Å². The topological polar surface area (TPSA) is 91.9 Å². The van der Waals surface area contributed by atoms with Crippen molar-refractivity contribution >= 4 is 26.8 Å². The summed E-state index contributed by atoms with van der Waals surface area (Å²) in [4.78, 5) is 20.1.